The third-order valence-electron chi connectivity index (χ3n) is 4.70. The quantitative estimate of drug-likeness (QED) is 0.406. The number of pyridine rings is 1. The largest absolute Gasteiger partial charge is 0.271 e. The molecular weight excluding hydrogens is 368 g/mol. The minimum absolute atomic E-state index is 0.282. The first-order valence-corrected chi connectivity index (χ1v) is 9.55. The van der Waals surface area contributed by atoms with Crippen LogP contribution in [0.2, 0.25) is 0 Å². The molecule has 3 nitrogen and oxygen atoms in total. The molecule has 146 valence electrons. The summed E-state index contributed by atoms with van der Waals surface area (Å²) in [4.78, 5) is 4.27. The highest BCUT2D eigenvalue weighted by molar-refractivity contribution is 5.89. The maximum absolute atomic E-state index is 13.5. The zero-order valence-electron chi connectivity index (χ0n) is 16.3. The van der Waals surface area contributed by atoms with Crippen molar-refractivity contribution in [1.82, 2.24) is 14.8 Å². The highest BCUT2D eigenvalue weighted by atomic mass is 19.1. The van der Waals surface area contributed by atoms with Crippen molar-refractivity contribution in [1.29, 1.82) is 0 Å². The third kappa shape index (κ3) is 4.09. The van der Waals surface area contributed by atoms with Crippen molar-refractivity contribution in [3.8, 4) is 33.5 Å². The normalized spacial score (nSPS) is 11.2. The van der Waals surface area contributed by atoms with Gasteiger partial charge in [-0.3, -0.25) is 9.67 Å². The number of aromatic nitrogens is 3. The van der Waals surface area contributed by atoms with E-state index in [-0.39, 0.29) is 11.6 Å². The summed E-state index contributed by atoms with van der Waals surface area (Å²) in [5.41, 5.74) is 5.25. The van der Waals surface area contributed by atoms with Crippen molar-refractivity contribution < 1.29 is 8.78 Å². The van der Waals surface area contributed by atoms with Gasteiger partial charge in [0.15, 0.2) is 0 Å². The summed E-state index contributed by atoms with van der Waals surface area (Å²) in [7, 11) is 0. The van der Waals surface area contributed by atoms with Gasteiger partial charge in [0.05, 0.1) is 0 Å². The van der Waals surface area contributed by atoms with E-state index < -0.39 is 0 Å². The van der Waals surface area contributed by atoms with Gasteiger partial charge in [-0.2, -0.15) is 5.10 Å². The molecule has 5 heteroatoms. The van der Waals surface area contributed by atoms with E-state index >= 15 is 0 Å². The summed E-state index contributed by atoms with van der Waals surface area (Å²) in [6.07, 6.45) is 5.52. The molecule has 4 rings (SSSR count). The van der Waals surface area contributed by atoms with Crippen LogP contribution in [-0.4, -0.2) is 14.8 Å². The van der Waals surface area contributed by atoms with Crippen molar-refractivity contribution in [2.24, 2.45) is 5.92 Å². The molecule has 0 spiro atoms. The van der Waals surface area contributed by atoms with Crippen LogP contribution >= 0.6 is 0 Å². The van der Waals surface area contributed by atoms with Crippen molar-refractivity contribution >= 4 is 0 Å². The van der Waals surface area contributed by atoms with Gasteiger partial charge in [-0.1, -0.05) is 26.0 Å². The zero-order valence-corrected chi connectivity index (χ0v) is 16.3. The van der Waals surface area contributed by atoms with Gasteiger partial charge in [0.2, 0.25) is 0 Å². The number of nitrogens with zero attached hydrogens (tertiary/aromatic N) is 3. The fourth-order valence-electron chi connectivity index (χ4n) is 3.40. The molecule has 2 aromatic carbocycles. The van der Waals surface area contributed by atoms with E-state index in [9.17, 15) is 8.78 Å². The summed E-state index contributed by atoms with van der Waals surface area (Å²) < 4.78 is 28.8. The summed E-state index contributed by atoms with van der Waals surface area (Å²) >= 11 is 0. The predicted octanol–water partition coefficient (Wildman–Crippen LogP) is 6.21. The van der Waals surface area contributed by atoms with Gasteiger partial charge in [-0.05, 0) is 59.5 Å². The second kappa shape index (κ2) is 7.95. The Morgan fingerprint density at radius 3 is 2.03 bits per heavy atom. The number of hydrogen-bond donors (Lipinski definition) is 0. The monoisotopic (exact) mass is 389 g/mol. The molecule has 0 radical (unpaired) electrons. The fraction of sp³-hybridized carbons (Fsp3) is 0.167. The van der Waals surface area contributed by atoms with Gasteiger partial charge in [0.25, 0.3) is 0 Å². The van der Waals surface area contributed by atoms with Gasteiger partial charge in [-0.15, -0.1) is 0 Å². The molecule has 0 aliphatic carbocycles. The molecule has 2 aromatic heterocycles. The molecule has 0 atom stereocenters. The van der Waals surface area contributed by atoms with Crippen LogP contribution in [0, 0.1) is 17.6 Å². The van der Waals surface area contributed by atoms with Gasteiger partial charge < -0.3 is 0 Å². The van der Waals surface area contributed by atoms with Crippen LogP contribution in [-0.2, 0) is 6.54 Å². The second-order valence-electron chi connectivity index (χ2n) is 7.44. The molecule has 0 saturated heterocycles. The molecular formula is C24H21F2N3. The summed E-state index contributed by atoms with van der Waals surface area (Å²) in [5, 5.41) is 4.79. The molecule has 0 aliphatic rings. The fourth-order valence-corrected chi connectivity index (χ4v) is 3.40. The average molecular weight is 389 g/mol. The van der Waals surface area contributed by atoms with Crippen LogP contribution < -0.4 is 0 Å². The molecule has 29 heavy (non-hydrogen) atoms. The van der Waals surface area contributed by atoms with Crippen molar-refractivity contribution in [3.05, 3.63) is 84.8 Å². The van der Waals surface area contributed by atoms with E-state index in [0.717, 1.165) is 40.1 Å². The lowest BCUT2D eigenvalue weighted by Crippen LogP contribution is -2.04. The maximum Gasteiger partial charge on any atom is 0.123 e. The van der Waals surface area contributed by atoms with E-state index in [1.165, 1.54) is 24.3 Å². The minimum atomic E-state index is -0.284. The molecule has 0 amide bonds. The Labute approximate surface area is 168 Å². The molecule has 2 heterocycles. The lowest BCUT2D eigenvalue weighted by molar-refractivity contribution is 0.484. The van der Waals surface area contributed by atoms with E-state index in [1.54, 1.807) is 36.7 Å². The molecule has 0 unspecified atom stereocenters. The predicted molar refractivity (Wildman–Crippen MR) is 111 cm³/mol. The highest BCUT2D eigenvalue weighted by Crippen LogP contribution is 2.37. The van der Waals surface area contributed by atoms with Gasteiger partial charge in [0, 0.05) is 41.8 Å². The third-order valence-corrected chi connectivity index (χ3v) is 4.70. The Hall–Kier alpha value is -3.34. The number of benzene rings is 2. The van der Waals surface area contributed by atoms with E-state index in [2.05, 4.69) is 18.8 Å². The van der Waals surface area contributed by atoms with Gasteiger partial charge >= 0.3 is 0 Å². The standard InChI is InChI=1S/C24H21F2N3/c1-16(2)14-29-15-23(24(28-29)18-5-9-20(26)10-6-18)21-11-12-27-13-22(21)17-3-7-19(25)8-4-17/h3-13,15-16H,14H2,1-2H3. The van der Waals surface area contributed by atoms with Crippen LogP contribution in [0.3, 0.4) is 0 Å². The Balaban J connectivity index is 1.89. The van der Waals surface area contributed by atoms with Crippen LogP contribution in [0.25, 0.3) is 33.5 Å². The summed E-state index contributed by atoms with van der Waals surface area (Å²) in [6, 6.07) is 14.6. The van der Waals surface area contributed by atoms with E-state index in [4.69, 9.17) is 5.10 Å². The molecule has 4 aromatic rings. The molecule has 0 aliphatic heterocycles. The van der Waals surface area contributed by atoms with Gasteiger partial charge in [0.1, 0.15) is 17.3 Å². The maximum atomic E-state index is 13.5. The zero-order chi connectivity index (χ0) is 20.4. The van der Waals surface area contributed by atoms with Crippen LogP contribution in [0.15, 0.2) is 73.2 Å². The smallest absolute Gasteiger partial charge is 0.123 e. The molecule has 0 bridgehead atoms. The highest BCUT2D eigenvalue weighted by Gasteiger charge is 2.17. The number of halogens is 2. The van der Waals surface area contributed by atoms with Crippen LogP contribution in [0.1, 0.15) is 13.8 Å². The van der Waals surface area contributed by atoms with Crippen molar-refractivity contribution in [2.75, 3.05) is 0 Å². The SMILES string of the molecule is CC(C)Cn1cc(-c2ccncc2-c2ccc(F)cc2)c(-c2ccc(F)cc2)n1. The van der Waals surface area contributed by atoms with Crippen molar-refractivity contribution in [3.63, 3.8) is 0 Å². The number of hydrogen-bond acceptors (Lipinski definition) is 2. The summed E-state index contributed by atoms with van der Waals surface area (Å²) in [5.74, 6) is -0.137. The van der Waals surface area contributed by atoms with Gasteiger partial charge in [-0.25, -0.2) is 8.78 Å². The first-order valence-electron chi connectivity index (χ1n) is 9.55. The summed E-state index contributed by atoms with van der Waals surface area (Å²) in [6.45, 7) is 5.04. The van der Waals surface area contributed by atoms with Crippen LogP contribution in [0.5, 0.6) is 0 Å². The van der Waals surface area contributed by atoms with E-state index in [1.807, 2.05) is 16.9 Å². The van der Waals surface area contributed by atoms with Crippen molar-refractivity contribution in [2.45, 2.75) is 20.4 Å². The van der Waals surface area contributed by atoms with Crippen LogP contribution in [0.4, 0.5) is 8.78 Å². The molecule has 0 saturated carbocycles. The Kier molecular flexibility index (Phi) is 5.21. The topological polar surface area (TPSA) is 30.7 Å². The Morgan fingerprint density at radius 1 is 0.793 bits per heavy atom. The second-order valence-corrected chi connectivity index (χ2v) is 7.44. The minimum Gasteiger partial charge on any atom is -0.271 e. The number of rotatable bonds is 5. The Morgan fingerprint density at radius 2 is 1.41 bits per heavy atom. The lowest BCUT2D eigenvalue weighted by atomic mass is 9.95. The average Bonchev–Trinajstić information content (AvgIpc) is 3.12. The first kappa shape index (κ1) is 19.0. The molecule has 0 fully saturated rings. The first-order chi connectivity index (χ1) is 14.0. The lowest BCUT2D eigenvalue weighted by Gasteiger charge is -2.10. The Bertz CT molecular complexity index is 1110. The molecule has 0 N–H and O–H groups in total. The van der Waals surface area contributed by atoms with E-state index in [0.29, 0.717) is 5.92 Å².